The summed E-state index contributed by atoms with van der Waals surface area (Å²) in [6, 6.07) is 0. The summed E-state index contributed by atoms with van der Waals surface area (Å²) in [4.78, 5) is 0. The first-order valence-electron chi connectivity index (χ1n) is 5.51. The molecule has 0 aromatic rings. The van der Waals surface area contributed by atoms with Crippen LogP contribution in [0.25, 0.3) is 0 Å². The van der Waals surface area contributed by atoms with Crippen molar-refractivity contribution in [1.82, 2.24) is 0 Å². The van der Waals surface area contributed by atoms with Gasteiger partial charge in [0.2, 0.25) is 0 Å². The van der Waals surface area contributed by atoms with E-state index in [2.05, 4.69) is 0 Å². The number of alkyl halides is 1. The fourth-order valence-electron chi connectivity index (χ4n) is 2.43. The predicted molar refractivity (Wildman–Crippen MR) is 59.1 cm³/mol. The van der Waals surface area contributed by atoms with Gasteiger partial charge in [0.25, 0.3) is 0 Å². The molecule has 0 spiro atoms. The van der Waals surface area contributed by atoms with Crippen LogP contribution < -0.4 is 5.73 Å². The summed E-state index contributed by atoms with van der Waals surface area (Å²) in [6.45, 7) is 1.93. The van der Waals surface area contributed by atoms with E-state index in [4.69, 9.17) is 5.73 Å². The third-order valence-electron chi connectivity index (χ3n) is 3.19. The molecule has 1 saturated heterocycles. The van der Waals surface area contributed by atoms with Gasteiger partial charge < -0.3 is 5.73 Å². The van der Waals surface area contributed by atoms with Crippen molar-refractivity contribution in [3.05, 3.63) is 0 Å². The van der Waals surface area contributed by atoms with Gasteiger partial charge in [0.1, 0.15) is 6.17 Å². The average molecular weight is 237 g/mol. The van der Waals surface area contributed by atoms with Crippen molar-refractivity contribution in [2.24, 2.45) is 17.6 Å². The first-order valence-corrected chi connectivity index (χ1v) is 7.33. The molecule has 0 saturated carbocycles. The second-order valence-corrected chi connectivity index (χ2v) is 6.66. The lowest BCUT2D eigenvalue weighted by molar-refractivity contribution is 0.172. The minimum atomic E-state index is -2.94. The first kappa shape index (κ1) is 12.9. The normalized spacial score (nSPS) is 29.7. The zero-order valence-electron chi connectivity index (χ0n) is 9.15. The van der Waals surface area contributed by atoms with Crippen LogP contribution in [0.5, 0.6) is 0 Å². The molecular weight excluding hydrogens is 217 g/mol. The van der Waals surface area contributed by atoms with Crippen molar-refractivity contribution in [1.29, 1.82) is 0 Å². The highest BCUT2D eigenvalue weighted by atomic mass is 32.2. The lowest BCUT2D eigenvalue weighted by Gasteiger charge is -2.30. The maximum Gasteiger partial charge on any atom is 0.150 e. The van der Waals surface area contributed by atoms with E-state index in [9.17, 15) is 12.8 Å². The number of sulfone groups is 1. The summed E-state index contributed by atoms with van der Waals surface area (Å²) in [5.74, 6) is 0.184. The Kier molecular flexibility index (Phi) is 4.52. The van der Waals surface area contributed by atoms with Gasteiger partial charge in [-0.25, -0.2) is 12.8 Å². The zero-order chi connectivity index (χ0) is 11.5. The highest BCUT2D eigenvalue weighted by Crippen LogP contribution is 2.30. The Hall–Kier alpha value is -0.160. The molecule has 90 valence electrons. The van der Waals surface area contributed by atoms with Crippen LogP contribution in [0.2, 0.25) is 0 Å². The number of nitrogens with two attached hydrogens (primary N) is 1. The number of hydrogen-bond donors (Lipinski definition) is 1. The summed E-state index contributed by atoms with van der Waals surface area (Å²) >= 11 is 0. The monoisotopic (exact) mass is 237 g/mol. The van der Waals surface area contributed by atoms with Crippen molar-refractivity contribution in [3.63, 3.8) is 0 Å². The molecule has 2 N–H and O–H groups in total. The van der Waals surface area contributed by atoms with E-state index in [1.54, 1.807) is 0 Å². The number of halogens is 1. The van der Waals surface area contributed by atoms with Crippen molar-refractivity contribution in [2.45, 2.75) is 32.4 Å². The molecule has 1 rings (SSSR count). The molecule has 0 radical (unpaired) electrons. The molecule has 5 heteroatoms. The third kappa shape index (κ3) is 3.72. The fourth-order valence-corrected chi connectivity index (χ4v) is 4.27. The van der Waals surface area contributed by atoms with Crippen LogP contribution in [0.15, 0.2) is 0 Å². The Labute approximate surface area is 91.1 Å². The van der Waals surface area contributed by atoms with Crippen LogP contribution >= 0.6 is 0 Å². The standard InChI is InChI=1S/C10H20FNO2S/c1-8(11)10(4-5-12)9-3-2-6-15(13,14)7-9/h8-10H,2-7,12H2,1H3. The van der Waals surface area contributed by atoms with E-state index in [1.165, 1.54) is 6.92 Å². The van der Waals surface area contributed by atoms with Gasteiger partial charge in [-0.1, -0.05) is 0 Å². The predicted octanol–water partition coefficient (Wildman–Crippen LogP) is 1.13. The molecular formula is C10H20FNO2S. The molecule has 1 heterocycles. The molecule has 3 nitrogen and oxygen atoms in total. The number of hydrogen-bond acceptors (Lipinski definition) is 3. The van der Waals surface area contributed by atoms with E-state index < -0.39 is 16.0 Å². The van der Waals surface area contributed by atoms with Crippen LogP contribution in [0, 0.1) is 11.8 Å². The zero-order valence-corrected chi connectivity index (χ0v) is 9.97. The van der Waals surface area contributed by atoms with Crippen molar-refractivity contribution in [2.75, 3.05) is 18.1 Å². The van der Waals surface area contributed by atoms with Gasteiger partial charge in [0.15, 0.2) is 9.84 Å². The highest BCUT2D eigenvalue weighted by Gasteiger charge is 2.33. The quantitative estimate of drug-likeness (QED) is 0.797. The van der Waals surface area contributed by atoms with E-state index in [0.717, 1.165) is 6.42 Å². The first-order chi connectivity index (χ1) is 6.96. The average Bonchev–Trinajstić information content (AvgIpc) is 2.11. The van der Waals surface area contributed by atoms with E-state index in [-0.39, 0.29) is 23.3 Å². The molecule has 0 bridgehead atoms. The van der Waals surface area contributed by atoms with E-state index in [1.807, 2.05) is 0 Å². The van der Waals surface area contributed by atoms with Crippen LogP contribution in [-0.4, -0.2) is 32.6 Å². The molecule has 0 aliphatic carbocycles. The van der Waals surface area contributed by atoms with Crippen molar-refractivity contribution in [3.8, 4) is 0 Å². The van der Waals surface area contributed by atoms with Gasteiger partial charge in [-0.2, -0.15) is 0 Å². The van der Waals surface area contributed by atoms with Crippen LogP contribution in [-0.2, 0) is 9.84 Å². The number of rotatable bonds is 4. The molecule has 0 amide bonds. The van der Waals surface area contributed by atoms with Crippen molar-refractivity contribution < 1.29 is 12.8 Å². The molecule has 3 unspecified atom stereocenters. The lowest BCUT2D eigenvalue weighted by Crippen LogP contribution is -2.35. The Bertz CT molecular complexity index is 290. The molecule has 1 aliphatic heterocycles. The second-order valence-electron chi connectivity index (χ2n) is 4.44. The van der Waals surface area contributed by atoms with Crippen molar-refractivity contribution >= 4 is 9.84 Å². The SMILES string of the molecule is CC(F)C(CCN)C1CCCS(=O)(=O)C1. The smallest absolute Gasteiger partial charge is 0.150 e. The highest BCUT2D eigenvalue weighted by molar-refractivity contribution is 7.91. The Morgan fingerprint density at radius 3 is 2.67 bits per heavy atom. The summed E-state index contributed by atoms with van der Waals surface area (Å²) in [7, 11) is -2.94. The minimum absolute atomic E-state index is 0.0349. The largest absolute Gasteiger partial charge is 0.330 e. The van der Waals surface area contributed by atoms with Gasteiger partial charge in [0.05, 0.1) is 11.5 Å². The molecule has 3 atom stereocenters. The summed E-state index contributed by atoms with van der Waals surface area (Å²) in [6.07, 6.45) is 1.10. The second kappa shape index (κ2) is 5.25. The third-order valence-corrected chi connectivity index (χ3v) is 5.04. The van der Waals surface area contributed by atoms with Gasteiger partial charge in [-0.05, 0) is 44.6 Å². The Balaban J connectivity index is 2.67. The Morgan fingerprint density at radius 2 is 2.20 bits per heavy atom. The lowest BCUT2D eigenvalue weighted by atomic mass is 9.84. The topological polar surface area (TPSA) is 60.2 Å². The van der Waals surface area contributed by atoms with Gasteiger partial charge >= 0.3 is 0 Å². The van der Waals surface area contributed by atoms with E-state index in [0.29, 0.717) is 19.4 Å². The van der Waals surface area contributed by atoms with Crippen LogP contribution in [0.1, 0.15) is 26.2 Å². The fraction of sp³-hybridized carbons (Fsp3) is 1.00. The van der Waals surface area contributed by atoms with Gasteiger partial charge in [-0.3, -0.25) is 0 Å². The Morgan fingerprint density at radius 1 is 1.53 bits per heavy atom. The summed E-state index contributed by atoms with van der Waals surface area (Å²) in [5, 5.41) is 0. The summed E-state index contributed by atoms with van der Waals surface area (Å²) < 4.78 is 36.2. The van der Waals surface area contributed by atoms with Crippen LogP contribution in [0.3, 0.4) is 0 Å². The van der Waals surface area contributed by atoms with E-state index >= 15 is 0 Å². The molecule has 1 fully saturated rings. The molecule has 0 aromatic carbocycles. The van der Waals surface area contributed by atoms with Crippen LogP contribution in [0.4, 0.5) is 4.39 Å². The summed E-state index contributed by atoms with van der Waals surface area (Å²) in [5.41, 5.74) is 5.43. The minimum Gasteiger partial charge on any atom is -0.330 e. The molecule has 15 heavy (non-hydrogen) atoms. The molecule has 0 aromatic heterocycles. The maximum absolute atomic E-state index is 13.3. The molecule has 1 aliphatic rings. The van der Waals surface area contributed by atoms with Gasteiger partial charge in [-0.15, -0.1) is 0 Å². The van der Waals surface area contributed by atoms with Gasteiger partial charge in [0, 0.05) is 0 Å². The maximum atomic E-state index is 13.3.